The molecule has 228 valence electrons. The summed E-state index contributed by atoms with van der Waals surface area (Å²) in [6.45, 7) is 14.0. The van der Waals surface area contributed by atoms with Gasteiger partial charge in [0.05, 0.1) is 0 Å². The molecular weight excluding hydrogens is 695 g/mol. The van der Waals surface area contributed by atoms with Gasteiger partial charge in [-0.15, -0.1) is 0 Å². The molecule has 0 heterocycles. The monoisotopic (exact) mass is 748 g/mol. The molecule has 2 aliphatic rings. The van der Waals surface area contributed by atoms with E-state index in [-0.39, 0.29) is 0 Å². The SMILES string of the molecule is [CH2]=[Hf]([CH3])([CH3])([CH2]C)([CH2]C)([CH]1C=Cc2c(-c3cccc(C(C)C)c3)cccc21)[CH]1C=Cc2c(-c3cccc(C(C)C)c3)cccc21. The van der Waals surface area contributed by atoms with Crippen molar-refractivity contribution < 1.29 is 15.1 Å². The normalized spacial score (nSPS) is 19.8. The molecule has 1 heteroatoms. The van der Waals surface area contributed by atoms with Crippen molar-refractivity contribution in [2.75, 3.05) is 0 Å². The van der Waals surface area contributed by atoms with Gasteiger partial charge in [-0.05, 0) is 0 Å². The van der Waals surface area contributed by atoms with Gasteiger partial charge in [-0.3, -0.25) is 0 Å². The minimum atomic E-state index is -5.18. The van der Waals surface area contributed by atoms with E-state index >= 15 is 0 Å². The van der Waals surface area contributed by atoms with Crippen LogP contribution < -0.4 is 0 Å². The number of hydrogen-bond donors (Lipinski definition) is 0. The molecule has 6 rings (SSSR count). The van der Waals surface area contributed by atoms with Crippen molar-refractivity contribution >= 4 is 16.4 Å². The van der Waals surface area contributed by atoms with Crippen molar-refractivity contribution in [2.45, 2.75) is 78.4 Å². The van der Waals surface area contributed by atoms with E-state index in [0.29, 0.717) is 19.2 Å². The molecule has 4 aromatic carbocycles. The van der Waals surface area contributed by atoms with E-state index in [1.807, 2.05) is 0 Å². The summed E-state index contributed by atoms with van der Waals surface area (Å²) >= 11 is -5.18. The first kappa shape index (κ1) is 31.1. The Bertz CT molecular complexity index is 1840. The predicted molar refractivity (Wildman–Crippen MR) is 195 cm³/mol. The third kappa shape index (κ3) is 4.28. The number of hydrogen-bond acceptors (Lipinski definition) is 0. The third-order valence-electron chi connectivity index (χ3n) is 13.7. The summed E-state index contributed by atoms with van der Waals surface area (Å²) in [5, 5.41) is 0. The van der Waals surface area contributed by atoms with E-state index in [0.717, 1.165) is 8.35 Å². The van der Waals surface area contributed by atoms with Crippen molar-refractivity contribution in [2.24, 2.45) is 0 Å². The second-order valence-corrected chi connectivity index (χ2v) is 69.5. The Hall–Kier alpha value is -2.90. The van der Waals surface area contributed by atoms with Crippen LogP contribution in [0.4, 0.5) is 0 Å². The fourth-order valence-corrected chi connectivity index (χ4v) is 38.0. The second kappa shape index (κ2) is 9.56. The number of benzene rings is 4. The summed E-state index contributed by atoms with van der Waals surface area (Å²) in [4.78, 5) is 0. The molecule has 44 heavy (non-hydrogen) atoms. The fraction of sp³-hybridized carbons (Fsp3) is 0.326. The maximum absolute atomic E-state index is 5.74. The molecule has 0 spiro atoms. The van der Waals surface area contributed by atoms with Gasteiger partial charge < -0.3 is 0 Å². The Morgan fingerprint density at radius 1 is 0.591 bits per heavy atom. The molecule has 2 aliphatic carbocycles. The van der Waals surface area contributed by atoms with E-state index in [1.165, 1.54) is 55.6 Å². The van der Waals surface area contributed by atoms with Crippen LogP contribution in [-0.2, 0) is 15.1 Å². The van der Waals surface area contributed by atoms with Crippen molar-refractivity contribution in [1.29, 1.82) is 0 Å². The van der Waals surface area contributed by atoms with Gasteiger partial charge in [0, 0.05) is 0 Å². The van der Waals surface area contributed by atoms with E-state index < -0.39 is 15.1 Å². The summed E-state index contributed by atoms with van der Waals surface area (Å²) in [7, 11) is 0. The van der Waals surface area contributed by atoms with E-state index in [1.54, 1.807) is 0 Å². The molecule has 0 radical (unpaired) electrons. The summed E-state index contributed by atoms with van der Waals surface area (Å²) in [6, 6.07) is 32.4. The van der Waals surface area contributed by atoms with Crippen LogP contribution >= 0.6 is 0 Å². The Morgan fingerprint density at radius 3 is 1.34 bits per heavy atom. The number of allylic oxidation sites excluding steroid dienone is 2. The Balaban J connectivity index is 1.55. The minimum absolute atomic E-state index is 0.311. The van der Waals surface area contributed by atoms with Crippen LogP contribution in [0.15, 0.2) is 97.1 Å². The second-order valence-electron chi connectivity index (χ2n) is 17.5. The maximum atomic E-state index is 5.74. The zero-order valence-corrected chi connectivity index (χ0v) is 31.9. The molecule has 0 fully saturated rings. The van der Waals surface area contributed by atoms with E-state index in [4.69, 9.17) is 4.26 Å². The van der Waals surface area contributed by atoms with E-state index in [9.17, 15) is 0 Å². The molecule has 0 bridgehead atoms. The van der Waals surface area contributed by atoms with Crippen LogP contribution in [0.25, 0.3) is 34.4 Å². The van der Waals surface area contributed by atoms with Crippen LogP contribution in [0.3, 0.4) is 0 Å². The Labute approximate surface area is 261 Å². The molecule has 0 N–H and O–H groups in total. The molecule has 0 saturated heterocycles. The fourth-order valence-electron chi connectivity index (χ4n) is 9.00. The molecule has 0 amide bonds. The first-order chi connectivity index (χ1) is 20.7. The zero-order chi connectivity index (χ0) is 31.6. The Morgan fingerprint density at radius 2 is 0.977 bits per heavy atom. The average molecular weight is 747 g/mol. The molecule has 0 aromatic heterocycles. The van der Waals surface area contributed by atoms with Crippen LogP contribution in [0, 0.1) is 0 Å². The number of fused-ring (bicyclic) bond motifs is 2. The van der Waals surface area contributed by atoms with Crippen molar-refractivity contribution in [3.63, 3.8) is 0 Å². The summed E-state index contributed by atoms with van der Waals surface area (Å²) in [5.41, 5.74) is 13.9. The first-order valence-electron chi connectivity index (χ1n) is 17.1. The van der Waals surface area contributed by atoms with Crippen molar-refractivity contribution in [3.05, 3.63) is 130 Å². The van der Waals surface area contributed by atoms with Crippen LogP contribution in [0.1, 0.15) is 94.1 Å². The third-order valence-corrected chi connectivity index (χ3v) is 61.6. The standard InChI is InChI=1S/2C18H17.2C2H5.2CH3.CH2.Hf/c2*1-13(2)15-8-3-9-16(12-15)18-11-5-7-14-6-4-10-17(14)18;2*1-2;;;;/h2*3-13H,1-2H3;2*1H2,2H3;2*1H3;1H2;. The molecule has 0 nitrogen and oxygen atoms in total. The number of rotatable bonds is 8. The molecular formula is C43H52Hf. The van der Waals surface area contributed by atoms with Gasteiger partial charge in [-0.1, -0.05) is 0 Å². The molecule has 2 atom stereocenters. The van der Waals surface area contributed by atoms with Gasteiger partial charge in [-0.2, -0.15) is 0 Å². The zero-order valence-electron chi connectivity index (χ0n) is 28.3. The Kier molecular flexibility index (Phi) is 6.75. The topological polar surface area (TPSA) is 0 Å². The van der Waals surface area contributed by atoms with Gasteiger partial charge in [0.15, 0.2) is 0 Å². The van der Waals surface area contributed by atoms with Gasteiger partial charge in [-0.25, -0.2) is 0 Å². The van der Waals surface area contributed by atoms with Gasteiger partial charge in [0.25, 0.3) is 0 Å². The van der Waals surface area contributed by atoms with Gasteiger partial charge in [0.1, 0.15) is 0 Å². The summed E-state index contributed by atoms with van der Waals surface area (Å²) in [5.74, 6) is 1.01. The molecule has 0 aliphatic heterocycles. The summed E-state index contributed by atoms with van der Waals surface area (Å²) < 4.78 is 14.0. The summed E-state index contributed by atoms with van der Waals surface area (Å²) in [6.07, 6.45) is 10.0. The van der Waals surface area contributed by atoms with E-state index in [2.05, 4.69) is 160 Å². The molecule has 0 saturated carbocycles. The quantitative estimate of drug-likeness (QED) is 0.158. The van der Waals surface area contributed by atoms with Crippen LogP contribution in [0.2, 0.25) is 17.7 Å². The average Bonchev–Trinajstić information content (AvgIpc) is 3.69. The first-order valence-corrected chi connectivity index (χ1v) is 36.0. The predicted octanol–water partition coefficient (Wildman–Crippen LogP) is 13.3. The van der Waals surface area contributed by atoms with Crippen molar-refractivity contribution in [1.82, 2.24) is 0 Å². The molecule has 2 unspecified atom stereocenters. The van der Waals surface area contributed by atoms with Crippen LogP contribution in [0.5, 0.6) is 0 Å². The van der Waals surface area contributed by atoms with Crippen LogP contribution in [-0.4, -0.2) is 4.26 Å². The van der Waals surface area contributed by atoms with Gasteiger partial charge in [0.2, 0.25) is 0 Å². The molecule has 4 aromatic rings. The van der Waals surface area contributed by atoms with Gasteiger partial charge >= 0.3 is 263 Å². The van der Waals surface area contributed by atoms with Crippen molar-refractivity contribution in [3.8, 4) is 22.3 Å².